The van der Waals surface area contributed by atoms with Crippen molar-refractivity contribution in [1.82, 2.24) is 5.32 Å². The molecule has 3 heteroatoms. The zero-order chi connectivity index (χ0) is 13.0. The summed E-state index contributed by atoms with van der Waals surface area (Å²) in [6.45, 7) is 2.82. The van der Waals surface area contributed by atoms with Gasteiger partial charge in [-0.15, -0.1) is 11.6 Å². The molecule has 0 spiro atoms. The van der Waals surface area contributed by atoms with Crippen molar-refractivity contribution >= 4 is 17.5 Å². The summed E-state index contributed by atoms with van der Waals surface area (Å²) in [6.07, 6.45) is 3.89. The minimum atomic E-state index is 0.116. The van der Waals surface area contributed by atoms with Gasteiger partial charge in [-0.05, 0) is 42.7 Å². The molecular weight excluding hydrogens is 246 g/mol. The molecule has 0 unspecified atom stereocenters. The first-order chi connectivity index (χ1) is 8.65. The van der Waals surface area contributed by atoms with Crippen LogP contribution in [0.3, 0.4) is 0 Å². The van der Waals surface area contributed by atoms with E-state index in [-0.39, 0.29) is 5.91 Å². The van der Waals surface area contributed by atoms with Gasteiger partial charge in [-0.2, -0.15) is 0 Å². The molecule has 1 N–H and O–H groups in total. The van der Waals surface area contributed by atoms with Crippen LogP contribution >= 0.6 is 11.6 Å². The van der Waals surface area contributed by atoms with Crippen LogP contribution in [-0.4, -0.2) is 18.3 Å². The van der Waals surface area contributed by atoms with Gasteiger partial charge in [-0.1, -0.05) is 24.3 Å². The number of hydrogen-bond acceptors (Lipinski definition) is 1. The third-order valence-corrected chi connectivity index (χ3v) is 4.04. The second kappa shape index (κ2) is 5.75. The van der Waals surface area contributed by atoms with Gasteiger partial charge in [0.1, 0.15) is 0 Å². The Hall–Kier alpha value is -1.02. The van der Waals surface area contributed by atoms with E-state index in [0.29, 0.717) is 17.7 Å². The average Bonchev–Trinajstić information content (AvgIpc) is 3.11. The molecule has 0 saturated heterocycles. The lowest BCUT2D eigenvalue weighted by Crippen LogP contribution is -2.31. The van der Waals surface area contributed by atoms with E-state index in [1.807, 2.05) is 31.2 Å². The Kier molecular flexibility index (Phi) is 4.28. The molecule has 1 aliphatic rings. The van der Waals surface area contributed by atoms with Gasteiger partial charge < -0.3 is 5.32 Å². The summed E-state index contributed by atoms with van der Waals surface area (Å²) in [4.78, 5) is 11.9. The Labute approximate surface area is 114 Å². The van der Waals surface area contributed by atoms with Crippen LogP contribution in [-0.2, 0) is 11.2 Å². The van der Waals surface area contributed by atoms with E-state index < -0.39 is 0 Å². The average molecular weight is 266 g/mol. The Bertz CT molecular complexity index is 426. The van der Waals surface area contributed by atoms with Crippen molar-refractivity contribution in [2.75, 3.05) is 12.4 Å². The van der Waals surface area contributed by atoms with E-state index in [4.69, 9.17) is 11.6 Å². The number of benzene rings is 1. The first-order valence-corrected chi connectivity index (χ1v) is 7.06. The van der Waals surface area contributed by atoms with Crippen LogP contribution < -0.4 is 5.32 Å². The molecule has 0 aliphatic heterocycles. The molecule has 1 aliphatic carbocycles. The molecule has 1 aromatic carbocycles. The lowest BCUT2D eigenvalue weighted by atomic mass is 10.0. The molecule has 1 fully saturated rings. The van der Waals surface area contributed by atoms with Gasteiger partial charge in [0.2, 0.25) is 5.91 Å². The number of carbonyl (C=O) groups is 1. The van der Waals surface area contributed by atoms with Crippen molar-refractivity contribution < 1.29 is 4.79 Å². The Morgan fingerprint density at radius 3 is 2.72 bits per heavy atom. The van der Waals surface area contributed by atoms with Crippen molar-refractivity contribution in [2.45, 2.75) is 32.6 Å². The Morgan fingerprint density at radius 1 is 1.39 bits per heavy atom. The third-order valence-electron chi connectivity index (χ3n) is 3.85. The quantitative estimate of drug-likeness (QED) is 0.787. The van der Waals surface area contributed by atoms with Crippen LogP contribution in [0.5, 0.6) is 0 Å². The summed E-state index contributed by atoms with van der Waals surface area (Å²) in [7, 11) is 0. The minimum Gasteiger partial charge on any atom is -0.355 e. The van der Waals surface area contributed by atoms with Crippen LogP contribution in [0.25, 0.3) is 0 Å². The monoisotopic (exact) mass is 265 g/mol. The highest BCUT2D eigenvalue weighted by Gasteiger charge is 2.41. The molecule has 1 amide bonds. The highest BCUT2D eigenvalue weighted by atomic mass is 35.5. The molecule has 0 atom stereocenters. The van der Waals surface area contributed by atoms with E-state index in [9.17, 15) is 4.79 Å². The predicted octanol–water partition coefficient (Wildman–Crippen LogP) is 3.06. The first-order valence-electron chi connectivity index (χ1n) is 6.52. The summed E-state index contributed by atoms with van der Waals surface area (Å²) in [5, 5.41) is 3.05. The molecule has 2 rings (SSSR count). The Morgan fingerprint density at radius 2 is 2.11 bits per heavy atom. The van der Waals surface area contributed by atoms with Crippen molar-refractivity contribution in [3.8, 4) is 0 Å². The van der Waals surface area contributed by atoms with Crippen LogP contribution in [0, 0.1) is 12.3 Å². The molecule has 0 heterocycles. The number of carbonyl (C=O) groups excluding carboxylic acids is 1. The third kappa shape index (κ3) is 3.49. The first kappa shape index (κ1) is 13.4. The van der Waals surface area contributed by atoms with Crippen LogP contribution in [0.4, 0.5) is 0 Å². The van der Waals surface area contributed by atoms with E-state index in [1.165, 1.54) is 18.4 Å². The zero-order valence-electron chi connectivity index (χ0n) is 10.8. The van der Waals surface area contributed by atoms with Crippen LogP contribution in [0.15, 0.2) is 24.3 Å². The number of amides is 1. The summed E-state index contributed by atoms with van der Waals surface area (Å²) < 4.78 is 0. The van der Waals surface area contributed by atoms with Gasteiger partial charge in [-0.25, -0.2) is 0 Å². The van der Waals surface area contributed by atoms with Crippen LogP contribution in [0.2, 0.25) is 0 Å². The lowest BCUT2D eigenvalue weighted by molar-refractivity contribution is -0.120. The summed E-state index contributed by atoms with van der Waals surface area (Å²) >= 11 is 5.78. The molecule has 2 nitrogen and oxygen atoms in total. The summed E-state index contributed by atoms with van der Waals surface area (Å²) in [5.74, 6) is 0.804. The standard InChI is InChI=1S/C15H20ClNO/c1-12-4-2-3-5-13(12)10-14(18)17-11-15(6-7-15)8-9-16/h2-5H,6-11H2,1H3,(H,17,18). The summed E-state index contributed by atoms with van der Waals surface area (Å²) in [6, 6.07) is 8.03. The fourth-order valence-electron chi connectivity index (χ4n) is 2.22. The SMILES string of the molecule is Cc1ccccc1CC(=O)NCC1(CCCl)CC1. The number of halogens is 1. The molecule has 0 bridgehead atoms. The zero-order valence-corrected chi connectivity index (χ0v) is 11.6. The summed E-state index contributed by atoms with van der Waals surface area (Å²) in [5.41, 5.74) is 2.59. The molecule has 0 radical (unpaired) electrons. The maximum atomic E-state index is 11.9. The van der Waals surface area contributed by atoms with Gasteiger partial charge >= 0.3 is 0 Å². The van der Waals surface area contributed by atoms with Crippen molar-refractivity contribution in [2.24, 2.45) is 5.41 Å². The molecule has 18 heavy (non-hydrogen) atoms. The van der Waals surface area contributed by atoms with E-state index in [2.05, 4.69) is 5.32 Å². The largest absolute Gasteiger partial charge is 0.355 e. The molecule has 1 saturated carbocycles. The van der Waals surface area contributed by atoms with Crippen molar-refractivity contribution in [1.29, 1.82) is 0 Å². The number of aryl methyl sites for hydroxylation is 1. The van der Waals surface area contributed by atoms with E-state index >= 15 is 0 Å². The van der Waals surface area contributed by atoms with Gasteiger partial charge in [-0.3, -0.25) is 4.79 Å². The maximum absolute atomic E-state index is 11.9. The number of nitrogens with one attached hydrogen (secondary N) is 1. The fourth-order valence-corrected chi connectivity index (χ4v) is 2.62. The van der Waals surface area contributed by atoms with Crippen molar-refractivity contribution in [3.05, 3.63) is 35.4 Å². The predicted molar refractivity (Wildman–Crippen MR) is 74.9 cm³/mol. The maximum Gasteiger partial charge on any atom is 0.224 e. The van der Waals surface area contributed by atoms with Gasteiger partial charge in [0.25, 0.3) is 0 Å². The number of rotatable bonds is 6. The fraction of sp³-hybridized carbons (Fsp3) is 0.533. The second-order valence-electron chi connectivity index (χ2n) is 5.32. The topological polar surface area (TPSA) is 29.1 Å². The highest BCUT2D eigenvalue weighted by Crippen LogP contribution is 2.48. The lowest BCUT2D eigenvalue weighted by Gasteiger charge is -2.14. The minimum absolute atomic E-state index is 0.116. The van der Waals surface area contributed by atoms with E-state index in [1.54, 1.807) is 0 Å². The van der Waals surface area contributed by atoms with Gasteiger partial charge in [0.15, 0.2) is 0 Å². The van der Waals surface area contributed by atoms with Gasteiger partial charge in [0, 0.05) is 12.4 Å². The molecule has 0 aromatic heterocycles. The van der Waals surface area contributed by atoms with Crippen molar-refractivity contribution in [3.63, 3.8) is 0 Å². The van der Waals surface area contributed by atoms with Crippen LogP contribution in [0.1, 0.15) is 30.4 Å². The molecular formula is C15H20ClNO. The molecule has 1 aromatic rings. The number of hydrogen-bond donors (Lipinski definition) is 1. The van der Waals surface area contributed by atoms with Gasteiger partial charge in [0.05, 0.1) is 6.42 Å². The Balaban J connectivity index is 1.81. The highest BCUT2D eigenvalue weighted by molar-refractivity contribution is 6.17. The number of alkyl halides is 1. The normalized spacial score (nSPS) is 16.3. The smallest absolute Gasteiger partial charge is 0.224 e. The van der Waals surface area contributed by atoms with E-state index in [0.717, 1.165) is 18.5 Å². The molecule has 98 valence electrons. The second-order valence-corrected chi connectivity index (χ2v) is 5.70.